The van der Waals surface area contributed by atoms with Crippen LogP contribution in [0.5, 0.6) is 0 Å². The lowest BCUT2D eigenvalue weighted by molar-refractivity contribution is -0.143. The van der Waals surface area contributed by atoms with E-state index in [9.17, 15) is 9.90 Å². The van der Waals surface area contributed by atoms with Crippen LogP contribution < -0.4 is 0 Å². The van der Waals surface area contributed by atoms with E-state index in [1.165, 1.54) is 0 Å². The molecule has 0 bridgehead atoms. The Kier molecular flexibility index (Phi) is 8.45. The largest absolute Gasteiger partial charge is 0.480 e. The standard InChI is InChI=1S/C8H16O6/c1-12-2-3-13-4-7(9)5-14-6-8(10)11/h7,9H,2-6H2,1H3,(H,10,11). The molecular weight excluding hydrogens is 192 g/mol. The lowest BCUT2D eigenvalue weighted by Crippen LogP contribution is -2.24. The Morgan fingerprint density at radius 3 is 2.50 bits per heavy atom. The molecule has 0 amide bonds. The minimum Gasteiger partial charge on any atom is -0.480 e. The first kappa shape index (κ1) is 13.3. The minimum absolute atomic E-state index is 0.0424. The van der Waals surface area contributed by atoms with E-state index in [0.29, 0.717) is 13.2 Å². The second-order valence-corrected chi connectivity index (χ2v) is 2.63. The monoisotopic (exact) mass is 208 g/mol. The summed E-state index contributed by atoms with van der Waals surface area (Å²) in [5.74, 6) is -1.06. The van der Waals surface area contributed by atoms with Gasteiger partial charge < -0.3 is 24.4 Å². The highest BCUT2D eigenvalue weighted by Gasteiger charge is 2.05. The molecule has 0 fully saturated rings. The van der Waals surface area contributed by atoms with Crippen molar-refractivity contribution in [2.75, 3.05) is 40.1 Å². The summed E-state index contributed by atoms with van der Waals surface area (Å²) in [7, 11) is 1.55. The van der Waals surface area contributed by atoms with Gasteiger partial charge in [0.15, 0.2) is 0 Å². The highest BCUT2D eigenvalue weighted by Crippen LogP contribution is 1.88. The predicted octanol–water partition coefficient (Wildman–Crippen LogP) is -0.888. The molecule has 0 aliphatic rings. The van der Waals surface area contributed by atoms with Gasteiger partial charge in [-0.2, -0.15) is 0 Å². The number of ether oxygens (including phenoxy) is 3. The van der Waals surface area contributed by atoms with E-state index in [1.54, 1.807) is 7.11 Å². The molecular formula is C8H16O6. The molecule has 0 aromatic carbocycles. The topological polar surface area (TPSA) is 85.2 Å². The maximum Gasteiger partial charge on any atom is 0.329 e. The van der Waals surface area contributed by atoms with Gasteiger partial charge in [-0.15, -0.1) is 0 Å². The number of carbonyl (C=O) groups is 1. The Bertz CT molecular complexity index is 149. The van der Waals surface area contributed by atoms with Crippen LogP contribution in [0.1, 0.15) is 0 Å². The fourth-order valence-electron chi connectivity index (χ4n) is 0.692. The molecule has 1 atom stereocenters. The maximum absolute atomic E-state index is 10.0. The molecule has 0 aromatic rings. The predicted molar refractivity (Wildman–Crippen MR) is 47.2 cm³/mol. The molecule has 0 saturated carbocycles. The SMILES string of the molecule is COCCOCC(O)COCC(=O)O. The van der Waals surface area contributed by atoms with Crippen molar-refractivity contribution in [1.29, 1.82) is 0 Å². The Balaban J connectivity index is 3.19. The van der Waals surface area contributed by atoms with Crippen LogP contribution in [0.25, 0.3) is 0 Å². The van der Waals surface area contributed by atoms with E-state index >= 15 is 0 Å². The number of hydrogen-bond acceptors (Lipinski definition) is 5. The number of hydrogen-bond donors (Lipinski definition) is 2. The third-order valence-corrected chi connectivity index (χ3v) is 1.28. The van der Waals surface area contributed by atoms with Gasteiger partial charge in [0.1, 0.15) is 12.7 Å². The summed E-state index contributed by atoms with van der Waals surface area (Å²) in [6.07, 6.45) is -0.800. The van der Waals surface area contributed by atoms with Crippen LogP contribution >= 0.6 is 0 Å². The lowest BCUT2D eigenvalue weighted by Gasteiger charge is -2.10. The van der Waals surface area contributed by atoms with Crippen LogP contribution in [0.15, 0.2) is 0 Å². The van der Waals surface area contributed by atoms with E-state index < -0.39 is 18.7 Å². The first-order valence-electron chi connectivity index (χ1n) is 4.21. The quantitative estimate of drug-likeness (QED) is 0.478. The number of aliphatic carboxylic acids is 1. The number of carboxylic acids is 1. The molecule has 0 saturated heterocycles. The van der Waals surface area contributed by atoms with Crippen LogP contribution in [0, 0.1) is 0 Å². The third-order valence-electron chi connectivity index (χ3n) is 1.28. The molecule has 0 rings (SSSR count). The second-order valence-electron chi connectivity index (χ2n) is 2.63. The van der Waals surface area contributed by atoms with Gasteiger partial charge in [0, 0.05) is 7.11 Å². The van der Waals surface area contributed by atoms with E-state index in [-0.39, 0.29) is 13.2 Å². The molecule has 6 nitrogen and oxygen atoms in total. The van der Waals surface area contributed by atoms with Crippen molar-refractivity contribution >= 4 is 5.97 Å². The van der Waals surface area contributed by atoms with E-state index in [1.807, 2.05) is 0 Å². The molecule has 0 spiro atoms. The first-order valence-corrected chi connectivity index (χ1v) is 4.21. The number of carboxylic acid groups (broad SMARTS) is 1. The molecule has 0 heterocycles. The van der Waals surface area contributed by atoms with Gasteiger partial charge in [-0.3, -0.25) is 0 Å². The van der Waals surface area contributed by atoms with Crippen molar-refractivity contribution < 1.29 is 29.2 Å². The summed E-state index contributed by atoms with van der Waals surface area (Å²) >= 11 is 0. The Labute approximate surface area is 82.4 Å². The minimum atomic E-state index is -1.06. The zero-order valence-corrected chi connectivity index (χ0v) is 8.14. The average molecular weight is 208 g/mol. The van der Waals surface area contributed by atoms with Gasteiger partial charge in [-0.05, 0) is 0 Å². The van der Waals surface area contributed by atoms with Gasteiger partial charge in [0.2, 0.25) is 0 Å². The zero-order valence-electron chi connectivity index (χ0n) is 8.14. The lowest BCUT2D eigenvalue weighted by atomic mass is 10.4. The molecule has 0 aliphatic heterocycles. The van der Waals surface area contributed by atoms with Gasteiger partial charge in [-0.25, -0.2) is 4.79 Å². The van der Waals surface area contributed by atoms with Crippen LogP contribution in [0.2, 0.25) is 0 Å². The fourth-order valence-corrected chi connectivity index (χ4v) is 0.692. The van der Waals surface area contributed by atoms with Crippen molar-refractivity contribution in [3.63, 3.8) is 0 Å². The molecule has 84 valence electrons. The van der Waals surface area contributed by atoms with Crippen LogP contribution in [0.4, 0.5) is 0 Å². The van der Waals surface area contributed by atoms with Gasteiger partial charge in [0.05, 0.1) is 26.4 Å². The van der Waals surface area contributed by atoms with Crippen LogP contribution in [0.3, 0.4) is 0 Å². The van der Waals surface area contributed by atoms with Crippen LogP contribution in [-0.4, -0.2) is 62.4 Å². The van der Waals surface area contributed by atoms with Crippen molar-refractivity contribution in [1.82, 2.24) is 0 Å². The van der Waals surface area contributed by atoms with E-state index in [2.05, 4.69) is 4.74 Å². The van der Waals surface area contributed by atoms with Crippen molar-refractivity contribution in [2.24, 2.45) is 0 Å². The number of aliphatic hydroxyl groups is 1. The smallest absolute Gasteiger partial charge is 0.329 e. The number of aliphatic hydroxyl groups excluding tert-OH is 1. The molecule has 2 N–H and O–H groups in total. The molecule has 14 heavy (non-hydrogen) atoms. The molecule has 0 aliphatic carbocycles. The zero-order chi connectivity index (χ0) is 10.8. The molecule has 0 aromatic heterocycles. The third kappa shape index (κ3) is 9.40. The Morgan fingerprint density at radius 1 is 1.29 bits per heavy atom. The molecule has 1 unspecified atom stereocenters. The van der Waals surface area contributed by atoms with Crippen molar-refractivity contribution in [3.05, 3.63) is 0 Å². The van der Waals surface area contributed by atoms with Crippen molar-refractivity contribution in [3.8, 4) is 0 Å². The first-order chi connectivity index (χ1) is 6.66. The van der Waals surface area contributed by atoms with Crippen LogP contribution in [-0.2, 0) is 19.0 Å². The van der Waals surface area contributed by atoms with E-state index in [4.69, 9.17) is 14.6 Å². The normalized spacial score (nSPS) is 12.7. The average Bonchev–Trinajstić information content (AvgIpc) is 2.12. The fraction of sp³-hybridized carbons (Fsp3) is 0.875. The summed E-state index contributed by atoms with van der Waals surface area (Å²) in [6, 6.07) is 0. The summed E-state index contributed by atoms with van der Waals surface area (Å²) in [6.45, 7) is 0.520. The van der Waals surface area contributed by atoms with Gasteiger partial charge in [-0.1, -0.05) is 0 Å². The van der Waals surface area contributed by atoms with Gasteiger partial charge >= 0.3 is 5.97 Å². The number of rotatable bonds is 9. The highest BCUT2D eigenvalue weighted by molar-refractivity contribution is 5.67. The van der Waals surface area contributed by atoms with Gasteiger partial charge in [0.25, 0.3) is 0 Å². The maximum atomic E-state index is 10.0. The molecule has 6 heteroatoms. The van der Waals surface area contributed by atoms with E-state index in [0.717, 1.165) is 0 Å². The molecule has 0 radical (unpaired) electrons. The van der Waals surface area contributed by atoms with Crippen molar-refractivity contribution in [2.45, 2.75) is 6.10 Å². The summed E-state index contributed by atoms with van der Waals surface area (Å²) in [4.78, 5) is 10.0. The summed E-state index contributed by atoms with van der Waals surface area (Å²) in [5, 5.41) is 17.4. The Morgan fingerprint density at radius 2 is 1.93 bits per heavy atom. The highest BCUT2D eigenvalue weighted by atomic mass is 16.5. The second kappa shape index (κ2) is 8.89. The summed E-state index contributed by atoms with van der Waals surface area (Å²) < 4.78 is 14.4. The number of methoxy groups -OCH3 is 1. The Hall–Kier alpha value is -0.690. The summed E-state index contributed by atoms with van der Waals surface area (Å²) in [5.41, 5.74) is 0.